The molecule has 4 aliphatic rings. The molecule has 148 valence electrons. The number of ether oxygens (including phenoxy) is 1. The monoisotopic (exact) mass is 400 g/mol. The van der Waals surface area contributed by atoms with Crippen LogP contribution in [0.1, 0.15) is 60.3 Å². The molecule has 1 N–H and O–H groups in total. The summed E-state index contributed by atoms with van der Waals surface area (Å²) in [7, 11) is 0. The summed E-state index contributed by atoms with van der Waals surface area (Å²) in [6, 6.07) is 7.30. The fourth-order valence-electron chi connectivity index (χ4n) is 6.02. The molecule has 4 aliphatic carbocycles. The first kappa shape index (κ1) is 18.0. The fourth-order valence-corrected chi connectivity index (χ4v) is 6.21. The number of aryl methyl sites for hydroxylation is 1. The van der Waals surface area contributed by atoms with Crippen LogP contribution in [-0.2, 0) is 6.61 Å². The average Bonchev–Trinajstić information content (AvgIpc) is 3.00. The zero-order valence-electron chi connectivity index (χ0n) is 16.0. The van der Waals surface area contributed by atoms with Crippen LogP contribution in [0.4, 0.5) is 0 Å². The van der Waals surface area contributed by atoms with Gasteiger partial charge in [0.2, 0.25) is 0 Å². The second kappa shape index (κ2) is 6.80. The number of hydrogen-bond acceptors (Lipinski definition) is 4. The molecule has 4 fully saturated rings. The summed E-state index contributed by atoms with van der Waals surface area (Å²) in [4.78, 5) is 13.1. The van der Waals surface area contributed by atoms with Gasteiger partial charge < -0.3 is 14.6 Å². The maximum absolute atomic E-state index is 13.1. The molecule has 6 heteroatoms. The lowest BCUT2D eigenvalue weighted by molar-refractivity contribution is -0.0168. The predicted molar refractivity (Wildman–Crippen MR) is 105 cm³/mol. The Morgan fingerprint density at radius 3 is 2.50 bits per heavy atom. The minimum Gasteiger partial charge on any atom is -0.487 e. The first-order valence-electron chi connectivity index (χ1n) is 10.2. The maximum atomic E-state index is 13.1. The SMILES string of the molecule is Cc1onc(C(=O)NC23CC4CC(CC(C4)C2)C3)c1COc1ccccc1Cl. The summed E-state index contributed by atoms with van der Waals surface area (Å²) >= 11 is 6.17. The lowest BCUT2D eigenvalue weighted by Crippen LogP contribution is -2.60. The molecule has 0 atom stereocenters. The van der Waals surface area contributed by atoms with Gasteiger partial charge in [-0.05, 0) is 75.3 Å². The Bertz CT molecular complexity index is 872. The molecular weight excluding hydrogens is 376 g/mol. The molecule has 1 aromatic carbocycles. The molecular formula is C22H25ClN2O3. The Morgan fingerprint density at radius 1 is 1.21 bits per heavy atom. The van der Waals surface area contributed by atoms with Crippen LogP contribution in [0.5, 0.6) is 5.75 Å². The van der Waals surface area contributed by atoms with Gasteiger partial charge in [-0.1, -0.05) is 28.9 Å². The van der Waals surface area contributed by atoms with Crippen molar-refractivity contribution in [2.75, 3.05) is 0 Å². The standard InChI is InChI=1S/C22H25ClN2O3/c1-13-17(12-27-19-5-3-2-4-18(19)23)20(25-28-13)21(26)24-22-9-14-6-15(10-22)8-16(7-14)11-22/h2-5,14-16H,6-12H2,1H3,(H,24,26). The molecule has 0 radical (unpaired) electrons. The van der Waals surface area contributed by atoms with Gasteiger partial charge in [-0.25, -0.2) is 0 Å². The van der Waals surface area contributed by atoms with Crippen LogP contribution < -0.4 is 10.1 Å². The van der Waals surface area contributed by atoms with Crippen molar-refractivity contribution >= 4 is 17.5 Å². The predicted octanol–water partition coefficient (Wildman–Crippen LogP) is 4.91. The number of amides is 1. The van der Waals surface area contributed by atoms with Gasteiger partial charge in [0.25, 0.3) is 5.91 Å². The third-order valence-electron chi connectivity index (χ3n) is 6.83. The van der Waals surface area contributed by atoms with Gasteiger partial charge in [-0.15, -0.1) is 0 Å². The van der Waals surface area contributed by atoms with Gasteiger partial charge in [0.15, 0.2) is 5.69 Å². The Balaban J connectivity index is 1.33. The van der Waals surface area contributed by atoms with Crippen molar-refractivity contribution < 1.29 is 14.1 Å². The topological polar surface area (TPSA) is 64.4 Å². The van der Waals surface area contributed by atoms with Crippen LogP contribution in [0.2, 0.25) is 5.02 Å². The molecule has 1 heterocycles. The molecule has 0 unspecified atom stereocenters. The van der Waals surface area contributed by atoms with E-state index in [1.165, 1.54) is 19.3 Å². The van der Waals surface area contributed by atoms with E-state index >= 15 is 0 Å². The van der Waals surface area contributed by atoms with Gasteiger partial charge in [0.05, 0.1) is 10.6 Å². The van der Waals surface area contributed by atoms with Gasteiger partial charge in [0.1, 0.15) is 18.1 Å². The first-order chi connectivity index (χ1) is 13.5. The zero-order valence-corrected chi connectivity index (χ0v) is 16.8. The van der Waals surface area contributed by atoms with E-state index in [4.69, 9.17) is 20.9 Å². The van der Waals surface area contributed by atoms with Crippen molar-refractivity contribution in [1.82, 2.24) is 10.5 Å². The van der Waals surface area contributed by atoms with Crippen molar-refractivity contribution in [1.29, 1.82) is 0 Å². The number of para-hydroxylation sites is 1. The highest BCUT2D eigenvalue weighted by molar-refractivity contribution is 6.32. The van der Waals surface area contributed by atoms with E-state index in [-0.39, 0.29) is 18.1 Å². The normalized spacial score (nSPS) is 30.4. The second-order valence-corrected chi connectivity index (χ2v) is 9.34. The third-order valence-corrected chi connectivity index (χ3v) is 7.14. The molecule has 1 amide bonds. The van der Waals surface area contributed by atoms with E-state index in [0.29, 0.717) is 27.8 Å². The molecule has 4 bridgehead atoms. The van der Waals surface area contributed by atoms with Gasteiger partial charge >= 0.3 is 0 Å². The minimum absolute atomic E-state index is 0.0560. The van der Waals surface area contributed by atoms with Gasteiger partial charge in [-0.3, -0.25) is 4.79 Å². The summed E-state index contributed by atoms with van der Waals surface area (Å²) in [5.74, 6) is 3.35. The molecule has 0 saturated heterocycles. The third kappa shape index (κ3) is 3.20. The molecule has 28 heavy (non-hydrogen) atoms. The second-order valence-electron chi connectivity index (χ2n) is 8.94. The number of hydrogen-bond donors (Lipinski definition) is 1. The van der Waals surface area contributed by atoms with Crippen LogP contribution in [0.3, 0.4) is 0 Å². The summed E-state index contributed by atoms with van der Waals surface area (Å²) in [6.45, 7) is 2.00. The Kier molecular flexibility index (Phi) is 4.38. The number of nitrogens with one attached hydrogen (secondary N) is 1. The number of rotatable bonds is 5. The lowest BCUT2D eigenvalue weighted by atomic mass is 9.53. The highest BCUT2D eigenvalue weighted by atomic mass is 35.5. The van der Waals surface area contributed by atoms with E-state index in [0.717, 1.165) is 37.0 Å². The van der Waals surface area contributed by atoms with Crippen molar-refractivity contribution in [3.05, 3.63) is 46.3 Å². The van der Waals surface area contributed by atoms with Crippen LogP contribution in [0.25, 0.3) is 0 Å². The van der Waals surface area contributed by atoms with Crippen LogP contribution >= 0.6 is 11.6 Å². The quantitative estimate of drug-likeness (QED) is 0.774. The van der Waals surface area contributed by atoms with Crippen molar-refractivity contribution in [2.45, 2.75) is 57.6 Å². The van der Waals surface area contributed by atoms with Crippen LogP contribution in [0, 0.1) is 24.7 Å². The molecule has 4 saturated carbocycles. The Morgan fingerprint density at radius 2 is 1.86 bits per heavy atom. The van der Waals surface area contributed by atoms with Crippen LogP contribution in [0.15, 0.2) is 28.8 Å². The van der Waals surface area contributed by atoms with Gasteiger partial charge in [0, 0.05) is 5.54 Å². The zero-order chi connectivity index (χ0) is 19.3. The largest absolute Gasteiger partial charge is 0.487 e. The number of nitrogens with zero attached hydrogens (tertiary/aromatic N) is 1. The van der Waals surface area contributed by atoms with E-state index in [2.05, 4.69) is 10.5 Å². The number of carbonyl (C=O) groups excluding carboxylic acids is 1. The lowest BCUT2D eigenvalue weighted by Gasteiger charge is -2.56. The molecule has 1 aromatic heterocycles. The Hall–Kier alpha value is -2.01. The highest BCUT2D eigenvalue weighted by Gasteiger charge is 2.51. The fraction of sp³-hybridized carbons (Fsp3) is 0.545. The first-order valence-corrected chi connectivity index (χ1v) is 10.5. The van der Waals surface area contributed by atoms with E-state index < -0.39 is 0 Å². The number of carbonyl (C=O) groups is 1. The molecule has 0 spiro atoms. The minimum atomic E-state index is -0.142. The summed E-state index contributed by atoms with van der Waals surface area (Å²) in [5, 5.41) is 7.95. The maximum Gasteiger partial charge on any atom is 0.274 e. The van der Waals surface area contributed by atoms with Crippen LogP contribution in [-0.4, -0.2) is 16.6 Å². The average molecular weight is 401 g/mol. The van der Waals surface area contributed by atoms with E-state index in [1.807, 2.05) is 12.1 Å². The summed E-state index contributed by atoms with van der Waals surface area (Å²) in [5.41, 5.74) is 0.960. The highest BCUT2D eigenvalue weighted by Crippen LogP contribution is 2.55. The number of benzene rings is 1. The van der Waals surface area contributed by atoms with E-state index in [9.17, 15) is 4.79 Å². The van der Waals surface area contributed by atoms with Gasteiger partial charge in [-0.2, -0.15) is 0 Å². The molecule has 0 aliphatic heterocycles. The van der Waals surface area contributed by atoms with E-state index in [1.54, 1.807) is 19.1 Å². The Labute approximate surface area is 169 Å². The van der Waals surface area contributed by atoms with Crippen molar-refractivity contribution in [2.24, 2.45) is 17.8 Å². The number of aromatic nitrogens is 1. The van der Waals surface area contributed by atoms with Crippen molar-refractivity contribution in [3.8, 4) is 5.75 Å². The summed E-state index contributed by atoms with van der Waals surface area (Å²) in [6.07, 6.45) is 7.34. The smallest absolute Gasteiger partial charge is 0.274 e. The number of halogens is 1. The van der Waals surface area contributed by atoms with Crippen molar-refractivity contribution in [3.63, 3.8) is 0 Å². The molecule has 5 nitrogen and oxygen atoms in total. The molecule has 2 aromatic rings. The molecule has 6 rings (SSSR count). The summed E-state index contributed by atoms with van der Waals surface area (Å²) < 4.78 is 11.2.